The second kappa shape index (κ2) is 29.3. The smallest absolute Gasteiger partial charge is 0.0662 e. The van der Waals surface area contributed by atoms with Gasteiger partial charge in [0.25, 0.3) is 0 Å². The van der Waals surface area contributed by atoms with E-state index in [0.717, 1.165) is 26.4 Å². The molecular formula is C10H26O4. The summed E-state index contributed by atoms with van der Waals surface area (Å²) in [6.45, 7) is 11.1. The van der Waals surface area contributed by atoms with Crippen molar-refractivity contribution in [3.8, 4) is 0 Å². The minimum atomic E-state index is -0.125. The van der Waals surface area contributed by atoms with Gasteiger partial charge >= 0.3 is 0 Å². The average Bonchev–Trinajstić information content (AvgIpc) is 2.22. The molecule has 0 rings (SSSR count). The molecule has 0 saturated heterocycles. The summed E-state index contributed by atoms with van der Waals surface area (Å²) in [6, 6.07) is 0. The Bertz CT molecular complexity index is 48.1. The first-order valence-corrected chi connectivity index (χ1v) is 5.12. The first kappa shape index (κ1) is 19.4. The van der Waals surface area contributed by atoms with Crippen molar-refractivity contribution in [2.45, 2.75) is 27.7 Å². The molecule has 0 spiro atoms. The largest absolute Gasteiger partial charge is 0.394 e. The van der Waals surface area contributed by atoms with Gasteiger partial charge in [0, 0.05) is 26.4 Å². The van der Waals surface area contributed by atoms with E-state index in [2.05, 4.69) is 0 Å². The van der Waals surface area contributed by atoms with Gasteiger partial charge in [0.1, 0.15) is 0 Å². The van der Waals surface area contributed by atoms with Crippen LogP contribution in [-0.4, -0.2) is 49.9 Å². The van der Waals surface area contributed by atoms with Crippen LogP contribution in [0.2, 0.25) is 0 Å². The molecule has 0 amide bonds. The van der Waals surface area contributed by atoms with Crippen molar-refractivity contribution in [2.75, 3.05) is 39.6 Å². The maximum atomic E-state index is 7.62. The molecule has 0 aromatic heterocycles. The van der Waals surface area contributed by atoms with Gasteiger partial charge in [0.05, 0.1) is 13.2 Å². The van der Waals surface area contributed by atoms with Crippen molar-refractivity contribution in [1.82, 2.24) is 0 Å². The predicted octanol–water partition coefficient (Wildman–Crippen LogP) is 1.06. The van der Waals surface area contributed by atoms with E-state index in [0.29, 0.717) is 0 Å². The molecule has 0 bridgehead atoms. The molecule has 0 aromatic carbocycles. The quantitative estimate of drug-likeness (QED) is 0.712. The molecule has 0 radical (unpaired) electrons. The summed E-state index contributed by atoms with van der Waals surface area (Å²) in [6.07, 6.45) is 0. The first-order valence-electron chi connectivity index (χ1n) is 5.12. The lowest BCUT2D eigenvalue weighted by atomic mass is 10.8. The van der Waals surface area contributed by atoms with Crippen molar-refractivity contribution >= 4 is 0 Å². The van der Waals surface area contributed by atoms with Crippen molar-refractivity contribution in [3.63, 3.8) is 0 Å². The lowest BCUT2D eigenvalue weighted by Gasteiger charge is -1.86. The molecule has 0 aliphatic heterocycles. The number of aliphatic hydroxyl groups is 2. The van der Waals surface area contributed by atoms with E-state index in [4.69, 9.17) is 19.7 Å². The SMILES string of the molecule is CCOCC.CCOCC.OCCO. The van der Waals surface area contributed by atoms with Crippen molar-refractivity contribution in [1.29, 1.82) is 0 Å². The Morgan fingerprint density at radius 2 is 0.857 bits per heavy atom. The first-order chi connectivity index (χ1) is 6.74. The van der Waals surface area contributed by atoms with Gasteiger partial charge in [-0.15, -0.1) is 0 Å². The van der Waals surface area contributed by atoms with Crippen LogP contribution >= 0.6 is 0 Å². The average molecular weight is 210 g/mol. The van der Waals surface area contributed by atoms with Crippen LogP contribution in [-0.2, 0) is 9.47 Å². The number of hydrogen-bond acceptors (Lipinski definition) is 4. The fourth-order valence-electron chi connectivity index (χ4n) is 0.408. The van der Waals surface area contributed by atoms with Gasteiger partial charge < -0.3 is 19.7 Å². The molecule has 4 heteroatoms. The van der Waals surface area contributed by atoms with Crippen molar-refractivity contribution in [3.05, 3.63) is 0 Å². The Labute approximate surface area is 87.9 Å². The molecule has 4 nitrogen and oxygen atoms in total. The van der Waals surface area contributed by atoms with E-state index < -0.39 is 0 Å². The highest BCUT2D eigenvalue weighted by Gasteiger charge is 1.64. The minimum Gasteiger partial charge on any atom is -0.394 e. The number of ether oxygens (including phenoxy) is 2. The molecular weight excluding hydrogens is 184 g/mol. The Morgan fingerprint density at radius 3 is 0.857 bits per heavy atom. The van der Waals surface area contributed by atoms with E-state index in [-0.39, 0.29) is 13.2 Å². The van der Waals surface area contributed by atoms with Crippen LogP contribution in [0.3, 0.4) is 0 Å². The highest BCUT2D eigenvalue weighted by Crippen LogP contribution is 1.64. The molecule has 14 heavy (non-hydrogen) atoms. The standard InChI is InChI=1S/2C4H10O.C2H6O2/c2*1-3-5-4-2;3-1-2-4/h2*3-4H2,1-2H3;3-4H,1-2H2. The van der Waals surface area contributed by atoms with Gasteiger partial charge in [0.15, 0.2) is 0 Å². The molecule has 0 saturated carbocycles. The van der Waals surface area contributed by atoms with Gasteiger partial charge in [-0.25, -0.2) is 0 Å². The zero-order chi connectivity index (χ0) is 11.7. The third-order valence-corrected chi connectivity index (χ3v) is 0.916. The van der Waals surface area contributed by atoms with Gasteiger partial charge in [-0.3, -0.25) is 0 Å². The maximum Gasteiger partial charge on any atom is 0.0662 e. The number of aliphatic hydroxyl groups excluding tert-OH is 2. The zero-order valence-electron chi connectivity index (χ0n) is 9.95. The summed E-state index contributed by atoms with van der Waals surface area (Å²) in [5.74, 6) is 0. The molecule has 0 heterocycles. The van der Waals surface area contributed by atoms with E-state index in [1.54, 1.807) is 0 Å². The van der Waals surface area contributed by atoms with Gasteiger partial charge in [0.2, 0.25) is 0 Å². The summed E-state index contributed by atoms with van der Waals surface area (Å²) >= 11 is 0. The molecule has 0 unspecified atom stereocenters. The third kappa shape index (κ3) is 59.4. The lowest BCUT2D eigenvalue weighted by Crippen LogP contribution is -1.85. The van der Waals surface area contributed by atoms with Crippen LogP contribution in [0.15, 0.2) is 0 Å². The summed E-state index contributed by atoms with van der Waals surface area (Å²) in [7, 11) is 0. The molecule has 90 valence electrons. The zero-order valence-corrected chi connectivity index (χ0v) is 9.95. The highest BCUT2D eigenvalue weighted by molar-refractivity contribution is 4.07. The normalized spacial score (nSPS) is 8.14. The second-order valence-corrected chi connectivity index (χ2v) is 2.01. The van der Waals surface area contributed by atoms with Crippen LogP contribution in [0, 0.1) is 0 Å². The number of hydrogen-bond donors (Lipinski definition) is 2. The molecule has 0 atom stereocenters. The van der Waals surface area contributed by atoms with Crippen LogP contribution < -0.4 is 0 Å². The van der Waals surface area contributed by atoms with Crippen molar-refractivity contribution < 1.29 is 19.7 Å². The van der Waals surface area contributed by atoms with E-state index >= 15 is 0 Å². The number of rotatable bonds is 5. The summed E-state index contributed by atoms with van der Waals surface area (Å²) < 4.78 is 9.67. The van der Waals surface area contributed by atoms with E-state index in [1.165, 1.54) is 0 Å². The summed E-state index contributed by atoms with van der Waals surface area (Å²) in [5, 5.41) is 15.2. The van der Waals surface area contributed by atoms with Crippen LogP contribution in [0.25, 0.3) is 0 Å². The van der Waals surface area contributed by atoms with Crippen LogP contribution in [0.1, 0.15) is 27.7 Å². The van der Waals surface area contributed by atoms with Crippen molar-refractivity contribution in [2.24, 2.45) is 0 Å². The molecule has 2 N–H and O–H groups in total. The molecule has 0 fully saturated rings. The van der Waals surface area contributed by atoms with Gasteiger partial charge in [-0.05, 0) is 27.7 Å². The third-order valence-electron chi connectivity index (χ3n) is 0.916. The Balaban J connectivity index is -0.000000131. The Kier molecular flexibility index (Phi) is 40.6. The topological polar surface area (TPSA) is 58.9 Å². The molecule has 0 aliphatic carbocycles. The van der Waals surface area contributed by atoms with E-state index in [9.17, 15) is 0 Å². The fraction of sp³-hybridized carbons (Fsp3) is 1.00. The lowest BCUT2D eigenvalue weighted by molar-refractivity contribution is 0.162. The van der Waals surface area contributed by atoms with Gasteiger partial charge in [-0.1, -0.05) is 0 Å². The second-order valence-electron chi connectivity index (χ2n) is 2.01. The molecule has 0 aliphatic rings. The van der Waals surface area contributed by atoms with Gasteiger partial charge in [-0.2, -0.15) is 0 Å². The maximum absolute atomic E-state index is 7.62. The summed E-state index contributed by atoms with van der Waals surface area (Å²) in [4.78, 5) is 0. The fourth-order valence-corrected chi connectivity index (χ4v) is 0.408. The van der Waals surface area contributed by atoms with Crippen LogP contribution in [0.5, 0.6) is 0 Å². The summed E-state index contributed by atoms with van der Waals surface area (Å²) in [5.41, 5.74) is 0. The van der Waals surface area contributed by atoms with E-state index in [1.807, 2.05) is 27.7 Å². The monoisotopic (exact) mass is 210 g/mol. The molecule has 0 aromatic rings. The minimum absolute atomic E-state index is 0.125. The van der Waals surface area contributed by atoms with Crippen LogP contribution in [0.4, 0.5) is 0 Å². The Hall–Kier alpha value is -0.160. The Morgan fingerprint density at radius 1 is 0.643 bits per heavy atom. The highest BCUT2D eigenvalue weighted by atomic mass is 16.5. The predicted molar refractivity (Wildman–Crippen MR) is 58.5 cm³/mol.